The SMILES string of the molecule is CCCn1c(=O)c2[nH]c(C3CC4CCC(C3)C4N(CC)N3CCOCC3)nc2n(CCC)c1=O. The van der Waals surface area contributed by atoms with Crippen LogP contribution in [0.5, 0.6) is 0 Å². The van der Waals surface area contributed by atoms with Gasteiger partial charge in [0.15, 0.2) is 5.65 Å². The number of H-pyrrole nitrogens is 1. The summed E-state index contributed by atoms with van der Waals surface area (Å²) in [6, 6.07) is 0.587. The summed E-state index contributed by atoms with van der Waals surface area (Å²) in [6.45, 7) is 12.0. The van der Waals surface area contributed by atoms with Crippen molar-refractivity contribution in [2.75, 3.05) is 32.8 Å². The fraction of sp³-hybridized carbons (Fsp3) is 0.800. The van der Waals surface area contributed by atoms with Crippen LogP contribution >= 0.6 is 0 Å². The van der Waals surface area contributed by atoms with E-state index in [1.165, 1.54) is 17.4 Å². The largest absolute Gasteiger partial charge is 0.379 e. The van der Waals surface area contributed by atoms with E-state index in [4.69, 9.17) is 9.72 Å². The number of fused-ring (bicyclic) bond motifs is 3. The predicted octanol–water partition coefficient (Wildman–Crippen LogP) is 2.55. The Bertz CT molecular complexity index is 1100. The minimum Gasteiger partial charge on any atom is -0.379 e. The number of hydrazine groups is 1. The highest BCUT2D eigenvalue weighted by molar-refractivity contribution is 5.70. The molecule has 3 heterocycles. The third-order valence-corrected chi connectivity index (χ3v) is 8.23. The van der Waals surface area contributed by atoms with Crippen LogP contribution in [0.15, 0.2) is 9.59 Å². The van der Waals surface area contributed by atoms with Gasteiger partial charge in [-0.05, 0) is 50.4 Å². The Kier molecular flexibility index (Phi) is 6.95. The third-order valence-electron chi connectivity index (χ3n) is 8.23. The Labute approximate surface area is 201 Å². The van der Waals surface area contributed by atoms with Crippen molar-refractivity contribution in [3.63, 3.8) is 0 Å². The second-order valence-corrected chi connectivity index (χ2v) is 10.3. The molecule has 0 aromatic carbocycles. The van der Waals surface area contributed by atoms with Crippen molar-refractivity contribution < 1.29 is 4.74 Å². The first-order valence-corrected chi connectivity index (χ1v) is 13.4. The molecule has 1 aliphatic heterocycles. The smallest absolute Gasteiger partial charge is 0.332 e. The molecule has 0 radical (unpaired) electrons. The Balaban J connectivity index is 1.44. The minimum atomic E-state index is -0.230. The summed E-state index contributed by atoms with van der Waals surface area (Å²) in [6.07, 6.45) is 6.27. The number of nitrogens with zero attached hydrogens (tertiary/aromatic N) is 5. The summed E-state index contributed by atoms with van der Waals surface area (Å²) >= 11 is 0. The quantitative estimate of drug-likeness (QED) is 0.635. The van der Waals surface area contributed by atoms with Crippen LogP contribution in [0.4, 0.5) is 0 Å². The van der Waals surface area contributed by atoms with Gasteiger partial charge in [0.2, 0.25) is 0 Å². The first-order valence-electron chi connectivity index (χ1n) is 13.4. The molecule has 2 saturated carbocycles. The molecule has 0 spiro atoms. The van der Waals surface area contributed by atoms with Gasteiger partial charge in [0.1, 0.15) is 11.3 Å². The predicted molar refractivity (Wildman–Crippen MR) is 132 cm³/mol. The second kappa shape index (κ2) is 9.95. The van der Waals surface area contributed by atoms with Gasteiger partial charge in [-0.15, -0.1) is 0 Å². The molecule has 2 aromatic heterocycles. The second-order valence-electron chi connectivity index (χ2n) is 10.3. The van der Waals surface area contributed by atoms with Gasteiger partial charge in [-0.3, -0.25) is 13.9 Å². The van der Waals surface area contributed by atoms with E-state index in [1.807, 2.05) is 13.8 Å². The highest BCUT2D eigenvalue weighted by atomic mass is 16.5. The normalized spacial score (nSPS) is 27.8. The van der Waals surface area contributed by atoms with E-state index in [2.05, 4.69) is 21.9 Å². The molecule has 2 aromatic rings. The van der Waals surface area contributed by atoms with Gasteiger partial charge in [-0.1, -0.05) is 20.8 Å². The van der Waals surface area contributed by atoms with E-state index in [9.17, 15) is 9.59 Å². The van der Waals surface area contributed by atoms with Crippen LogP contribution in [0.25, 0.3) is 11.2 Å². The number of ether oxygens (including phenoxy) is 1. The molecule has 1 N–H and O–H groups in total. The first kappa shape index (κ1) is 23.8. The third kappa shape index (κ3) is 4.05. The summed E-state index contributed by atoms with van der Waals surface area (Å²) in [7, 11) is 0. The molecule has 1 saturated heterocycles. The molecule has 0 amide bonds. The molecule has 2 atom stereocenters. The fourth-order valence-corrected chi connectivity index (χ4v) is 6.84. The molecule has 34 heavy (non-hydrogen) atoms. The molecule has 2 aliphatic carbocycles. The van der Waals surface area contributed by atoms with E-state index in [1.54, 1.807) is 4.57 Å². The van der Waals surface area contributed by atoms with E-state index in [0.29, 0.717) is 48.0 Å². The molecular weight excluding hydrogens is 432 g/mol. The summed E-state index contributed by atoms with van der Waals surface area (Å²) in [5.74, 6) is 2.48. The summed E-state index contributed by atoms with van der Waals surface area (Å²) in [4.78, 5) is 34.5. The van der Waals surface area contributed by atoms with Crippen LogP contribution in [-0.2, 0) is 17.8 Å². The molecule has 2 bridgehead atoms. The molecule has 188 valence electrons. The summed E-state index contributed by atoms with van der Waals surface area (Å²) in [5, 5.41) is 5.14. The Morgan fingerprint density at radius 2 is 1.65 bits per heavy atom. The first-order chi connectivity index (χ1) is 16.6. The lowest BCUT2D eigenvalue weighted by Crippen LogP contribution is -2.56. The lowest BCUT2D eigenvalue weighted by molar-refractivity contribution is -0.132. The zero-order valence-electron chi connectivity index (χ0n) is 21.0. The van der Waals surface area contributed by atoms with E-state index >= 15 is 0 Å². The molecule has 9 nitrogen and oxygen atoms in total. The van der Waals surface area contributed by atoms with Crippen LogP contribution in [-0.4, -0.2) is 68.0 Å². The number of morpholine rings is 1. The van der Waals surface area contributed by atoms with Gasteiger partial charge in [0, 0.05) is 44.7 Å². The summed E-state index contributed by atoms with van der Waals surface area (Å²) in [5.41, 5.74) is 0.577. The monoisotopic (exact) mass is 472 g/mol. The average Bonchev–Trinajstić information content (AvgIpc) is 3.40. The average molecular weight is 473 g/mol. The van der Waals surface area contributed by atoms with Crippen LogP contribution in [0, 0.1) is 11.8 Å². The van der Waals surface area contributed by atoms with Gasteiger partial charge < -0.3 is 9.72 Å². The van der Waals surface area contributed by atoms with Gasteiger partial charge in [0.25, 0.3) is 5.56 Å². The van der Waals surface area contributed by atoms with Gasteiger partial charge in [-0.2, -0.15) is 0 Å². The number of aryl methyl sites for hydroxylation is 1. The topological polar surface area (TPSA) is 88.4 Å². The standard InChI is InChI=1S/C25H40N6O3/c1-4-9-29-23-20(24(32)30(10-5-2)25(29)33)26-22(27-23)19-15-17-7-8-18(16-19)21(17)31(6-3)28-11-13-34-14-12-28/h17-19,21H,4-16H2,1-3H3,(H,26,27). The zero-order valence-corrected chi connectivity index (χ0v) is 21.0. The van der Waals surface area contributed by atoms with Gasteiger partial charge >= 0.3 is 5.69 Å². The minimum absolute atomic E-state index is 0.228. The number of imidazole rings is 1. The van der Waals surface area contributed by atoms with Crippen LogP contribution in [0.2, 0.25) is 0 Å². The number of aromatic nitrogens is 4. The molecule has 3 aliphatic rings. The van der Waals surface area contributed by atoms with Crippen LogP contribution in [0.3, 0.4) is 0 Å². The molecule has 2 unspecified atom stereocenters. The maximum absolute atomic E-state index is 13.1. The molecule has 5 rings (SSSR count). The van der Waals surface area contributed by atoms with Crippen LogP contribution < -0.4 is 11.2 Å². The number of hydrogen-bond donors (Lipinski definition) is 1. The van der Waals surface area contributed by atoms with Crippen molar-refractivity contribution in [3.05, 3.63) is 26.7 Å². The maximum Gasteiger partial charge on any atom is 0.332 e. The van der Waals surface area contributed by atoms with E-state index in [-0.39, 0.29) is 11.2 Å². The van der Waals surface area contributed by atoms with Crippen LogP contribution in [0.1, 0.15) is 71.0 Å². The van der Waals surface area contributed by atoms with Gasteiger partial charge in [0.05, 0.1) is 13.2 Å². The number of aromatic amines is 1. The van der Waals surface area contributed by atoms with Gasteiger partial charge in [-0.25, -0.2) is 19.8 Å². The Morgan fingerprint density at radius 3 is 2.26 bits per heavy atom. The number of rotatable bonds is 8. The van der Waals surface area contributed by atoms with E-state index < -0.39 is 0 Å². The number of hydrogen-bond acceptors (Lipinski definition) is 6. The lowest BCUT2D eigenvalue weighted by atomic mass is 9.76. The van der Waals surface area contributed by atoms with Crippen molar-refractivity contribution in [1.82, 2.24) is 29.1 Å². The van der Waals surface area contributed by atoms with Crippen molar-refractivity contribution in [3.8, 4) is 0 Å². The highest BCUT2D eigenvalue weighted by Gasteiger charge is 2.47. The molecule has 3 fully saturated rings. The Hall–Kier alpha value is -1.97. The highest BCUT2D eigenvalue weighted by Crippen LogP contribution is 2.50. The molecule has 9 heteroatoms. The lowest BCUT2D eigenvalue weighted by Gasteiger charge is -2.47. The fourth-order valence-electron chi connectivity index (χ4n) is 6.84. The van der Waals surface area contributed by atoms with Crippen molar-refractivity contribution in [1.29, 1.82) is 0 Å². The number of nitrogens with one attached hydrogen (secondary N) is 1. The molecular formula is C25H40N6O3. The maximum atomic E-state index is 13.1. The van der Waals surface area contributed by atoms with Crippen molar-refractivity contribution in [2.45, 2.75) is 84.3 Å². The van der Waals surface area contributed by atoms with Crippen molar-refractivity contribution >= 4 is 11.2 Å². The summed E-state index contributed by atoms with van der Waals surface area (Å²) < 4.78 is 8.67. The van der Waals surface area contributed by atoms with Crippen molar-refractivity contribution in [2.24, 2.45) is 11.8 Å². The zero-order chi connectivity index (χ0) is 23.8. The van der Waals surface area contributed by atoms with E-state index in [0.717, 1.165) is 64.4 Å². The Morgan fingerprint density at radius 1 is 1.00 bits per heavy atom.